The van der Waals surface area contributed by atoms with Gasteiger partial charge in [-0.05, 0) is 67.4 Å². The van der Waals surface area contributed by atoms with Crippen molar-refractivity contribution < 1.29 is 29.0 Å². The summed E-state index contributed by atoms with van der Waals surface area (Å²) in [6.07, 6.45) is -0.294. The largest absolute Gasteiger partial charge is 0.494 e. The number of fused-ring (bicyclic) bond motifs is 1. The van der Waals surface area contributed by atoms with Crippen molar-refractivity contribution in [1.82, 2.24) is 4.90 Å². The molecule has 0 saturated carbocycles. The van der Waals surface area contributed by atoms with Crippen LogP contribution in [0.1, 0.15) is 24.9 Å². The number of rotatable bonds is 9. The third kappa shape index (κ3) is 5.20. The van der Waals surface area contributed by atoms with Gasteiger partial charge in [0.25, 0.3) is 0 Å². The first kappa shape index (κ1) is 29.6. The zero-order valence-corrected chi connectivity index (χ0v) is 25.6. The van der Waals surface area contributed by atoms with Crippen molar-refractivity contribution in [3.63, 3.8) is 0 Å². The Balaban J connectivity index is 1.37. The number of aliphatic hydroxyl groups excluding tert-OH is 1. The van der Waals surface area contributed by atoms with Crippen LogP contribution in [-0.2, 0) is 19.1 Å². The number of hydrogen-bond donors (Lipinski definition) is 3. The van der Waals surface area contributed by atoms with Gasteiger partial charge in [0.2, 0.25) is 17.7 Å². The lowest BCUT2D eigenvalue weighted by atomic mass is 9.70. The highest BCUT2D eigenvalue weighted by molar-refractivity contribution is 9.09. The number of ether oxygens (including phenoxy) is 2. The number of nitrogens with zero attached hydrogens (tertiary/aromatic N) is 1. The van der Waals surface area contributed by atoms with Gasteiger partial charge in [0.1, 0.15) is 17.4 Å². The van der Waals surface area contributed by atoms with E-state index in [1.165, 1.54) is 4.90 Å². The van der Waals surface area contributed by atoms with Crippen LogP contribution in [0, 0.1) is 11.8 Å². The number of hydrogen-bond acceptors (Lipinski definition) is 6. The Kier molecular flexibility index (Phi) is 8.21. The summed E-state index contributed by atoms with van der Waals surface area (Å²) >= 11 is 9.74. The standard InChI is InChI=1S/C32H31BrClN3O6/c1-2-42-22-14-12-21(13-15-22)35-29(39)25-26-31(41)37(24(17-38)18-6-4-3-5-7-18)28(32(26)16-23(33)27(25)43-32)30(40)36-20-10-8-19(34)9-11-20/h3-15,23-28,38H,2,16-17H2,1H3,(H,35,39)(H,36,40)/t23?,24-,25-,26+,27-,28?,32?/m1/s1. The lowest BCUT2D eigenvalue weighted by molar-refractivity contribution is -0.143. The molecule has 1 spiro atoms. The van der Waals surface area contributed by atoms with E-state index in [0.717, 1.165) is 0 Å². The molecule has 43 heavy (non-hydrogen) atoms. The molecular formula is C32H31BrClN3O6. The molecule has 3 unspecified atom stereocenters. The molecule has 6 rings (SSSR count). The average Bonchev–Trinajstić information content (AvgIpc) is 3.60. The number of carbonyl (C=O) groups excluding carboxylic acids is 3. The normalized spacial score (nSPS) is 28.0. The van der Waals surface area contributed by atoms with Crippen LogP contribution < -0.4 is 15.4 Å². The van der Waals surface area contributed by atoms with Crippen LogP contribution in [0.15, 0.2) is 78.9 Å². The molecule has 3 aliphatic heterocycles. The molecular weight excluding hydrogens is 638 g/mol. The number of carbonyl (C=O) groups is 3. The number of nitrogens with one attached hydrogen (secondary N) is 2. The average molecular weight is 669 g/mol. The first-order valence-electron chi connectivity index (χ1n) is 14.2. The predicted molar refractivity (Wildman–Crippen MR) is 165 cm³/mol. The van der Waals surface area contributed by atoms with Gasteiger partial charge in [-0.1, -0.05) is 57.9 Å². The van der Waals surface area contributed by atoms with Crippen LogP contribution in [0.25, 0.3) is 0 Å². The topological polar surface area (TPSA) is 117 Å². The van der Waals surface area contributed by atoms with Gasteiger partial charge in [-0.2, -0.15) is 0 Å². The fourth-order valence-electron chi connectivity index (χ4n) is 6.80. The molecule has 0 aliphatic carbocycles. The first-order valence-corrected chi connectivity index (χ1v) is 15.5. The van der Waals surface area contributed by atoms with Gasteiger partial charge in [-0.25, -0.2) is 0 Å². The third-order valence-electron chi connectivity index (χ3n) is 8.52. The molecule has 3 amide bonds. The van der Waals surface area contributed by atoms with Crippen molar-refractivity contribution >= 4 is 56.6 Å². The van der Waals surface area contributed by atoms with Gasteiger partial charge in [-0.15, -0.1) is 0 Å². The van der Waals surface area contributed by atoms with E-state index in [1.54, 1.807) is 60.7 Å². The molecule has 3 aliphatic rings. The van der Waals surface area contributed by atoms with Crippen LogP contribution in [-0.4, -0.2) is 63.5 Å². The summed E-state index contributed by atoms with van der Waals surface area (Å²) < 4.78 is 12.1. The van der Waals surface area contributed by atoms with E-state index >= 15 is 0 Å². The minimum atomic E-state index is -1.30. The van der Waals surface area contributed by atoms with E-state index in [4.69, 9.17) is 21.1 Å². The van der Waals surface area contributed by atoms with Gasteiger partial charge >= 0.3 is 0 Å². The lowest BCUT2D eigenvalue weighted by Crippen LogP contribution is -2.55. The van der Waals surface area contributed by atoms with E-state index in [-0.39, 0.29) is 10.7 Å². The molecule has 3 fully saturated rings. The Bertz CT molecular complexity index is 1510. The fraction of sp³-hybridized carbons (Fsp3) is 0.344. The molecule has 224 valence electrons. The molecule has 9 nitrogen and oxygen atoms in total. The van der Waals surface area contributed by atoms with Crippen molar-refractivity contribution in [1.29, 1.82) is 0 Å². The number of amides is 3. The summed E-state index contributed by atoms with van der Waals surface area (Å²) in [5.74, 6) is -2.39. The van der Waals surface area contributed by atoms with Crippen molar-refractivity contribution in [3.8, 4) is 5.75 Å². The summed E-state index contributed by atoms with van der Waals surface area (Å²) in [6.45, 7) is 1.99. The van der Waals surface area contributed by atoms with Crippen LogP contribution in [0.2, 0.25) is 5.02 Å². The molecule has 0 radical (unpaired) electrons. The monoisotopic (exact) mass is 667 g/mol. The number of benzene rings is 3. The summed E-state index contributed by atoms with van der Waals surface area (Å²) in [4.78, 5) is 43.7. The van der Waals surface area contributed by atoms with Crippen LogP contribution >= 0.6 is 27.5 Å². The Morgan fingerprint density at radius 1 is 1.05 bits per heavy atom. The maximum atomic E-state index is 14.5. The van der Waals surface area contributed by atoms with Crippen LogP contribution in [0.4, 0.5) is 11.4 Å². The number of aliphatic hydroxyl groups is 1. The van der Waals surface area contributed by atoms with Crippen molar-refractivity contribution in [2.45, 2.75) is 42.0 Å². The summed E-state index contributed by atoms with van der Waals surface area (Å²) in [6, 6.07) is 20.8. The highest BCUT2D eigenvalue weighted by atomic mass is 79.9. The molecule has 3 aromatic rings. The molecule has 3 N–H and O–H groups in total. The van der Waals surface area contributed by atoms with Gasteiger partial charge < -0.3 is 30.1 Å². The SMILES string of the molecule is CCOc1ccc(NC(=O)[C@H]2[C@@H]3OC4(CC3Br)C(C(=O)Nc3ccc(Cl)cc3)N([C@H](CO)c3ccccc3)C(=O)[C@H]24)cc1. The maximum absolute atomic E-state index is 14.5. The number of halogens is 2. The Morgan fingerprint density at radius 3 is 2.30 bits per heavy atom. The van der Waals surface area contributed by atoms with E-state index < -0.39 is 54.0 Å². The van der Waals surface area contributed by atoms with E-state index in [1.807, 2.05) is 25.1 Å². The van der Waals surface area contributed by atoms with Gasteiger partial charge in [-0.3, -0.25) is 14.4 Å². The van der Waals surface area contributed by atoms with Crippen molar-refractivity contribution in [2.24, 2.45) is 11.8 Å². The van der Waals surface area contributed by atoms with E-state index in [0.29, 0.717) is 40.7 Å². The molecule has 7 atom stereocenters. The summed E-state index contributed by atoms with van der Waals surface area (Å²) in [7, 11) is 0. The summed E-state index contributed by atoms with van der Waals surface area (Å²) in [5, 5.41) is 17.0. The maximum Gasteiger partial charge on any atom is 0.250 e. The Hall–Kier alpha value is -3.44. The molecule has 3 heterocycles. The first-order chi connectivity index (χ1) is 20.8. The van der Waals surface area contributed by atoms with Gasteiger partial charge in [0.05, 0.1) is 37.2 Å². The number of alkyl halides is 1. The fourth-order valence-corrected chi connectivity index (χ4v) is 7.87. The molecule has 0 aromatic heterocycles. The highest BCUT2D eigenvalue weighted by Crippen LogP contribution is 2.61. The quantitative estimate of drug-likeness (QED) is 0.282. The summed E-state index contributed by atoms with van der Waals surface area (Å²) in [5.41, 5.74) is 0.414. The smallest absolute Gasteiger partial charge is 0.250 e. The molecule has 3 saturated heterocycles. The Labute approximate surface area is 262 Å². The minimum Gasteiger partial charge on any atom is -0.494 e. The minimum absolute atomic E-state index is 0.275. The molecule has 2 bridgehead atoms. The zero-order chi connectivity index (χ0) is 30.3. The third-order valence-corrected chi connectivity index (χ3v) is 9.61. The second kappa shape index (κ2) is 11.9. The predicted octanol–water partition coefficient (Wildman–Crippen LogP) is 4.80. The number of anilines is 2. The Morgan fingerprint density at radius 2 is 1.67 bits per heavy atom. The van der Waals surface area contributed by atoms with E-state index in [2.05, 4.69) is 26.6 Å². The number of likely N-dealkylation sites (tertiary alicyclic amines) is 1. The highest BCUT2D eigenvalue weighted by Gasteiger charge is 2.77. The lowest BCUT2D eigenvalue weighted by Gasteiger charge is -2.37. The van der Waals surface area contributed by atoms with Gasteiger partial charge in [0, 0.05) is 21.2 Å². The van der Waals surface area contributed by atoms with Crippen molar-refractivity contribution in [3.05, 3.63) is 89.4 Å². The van der Waals surface area contributed by atoms with Crippen molar-refractivity contribution in [2.75, 3.05) is 23.8 Å². The van der Waals surface area contributed by atoms with Crippen LogP contribution in [0.5, 0.6) is 5.75 Å². The van der Waals surface area contributed by atoms with Gasteiger partial charge in [0.15, 0.2) is 0 Å². The van der Waals surface area contributed by atoms with Crippen LogP contribution in [0.3, 0.4) is 0 Å². The second-order valence-corrected chi connectivity index (χ2v) is 12.6. The molecule has 11 heteroatoms. The zero-order valence-electron chi connectivity index (χ0n) is 23.3. The van der Waals surface area contributed by atoms with E-state index in [9.17, 15) is 19.5 Å². The molecule has 3 aromatic carbocycles. The second-order valence-electron chi connectivity index (χ2n) is 11.0.